The predicted molar refractivity (Wildman–Crippen MR) is 80.1 cm³/mol. The number of ketones is 1. The third-order valence-corrected chi connectivity index (χ3v) is 3.94. The Bertz CT molecular complexity index is 529. The van der Waals surface area contributed by atoms with Crippen LogP contribution in [0.5, 0.6) is 11.5 Å². The summed E-state index contributed by atoms with van der Waals surface area (Å²) in [6.07, 6.45) is 3.35. The Kier molecular flexibility index (Phi) is 4.48. The van der Waals surface area contributed by atoms with Gasteiger partial charge in [-0.1, -0.05) is 13.8 Å². The topological polar surface area (TPSA) is 35.5 Å². The summed E-state index contributed by atoms with van der Waals surface area (Å²) in [7, 11) is 3.28. The molecule has 0 saturated heterocycles. The fourth-order valence-corrected chi connectivity index (χ4v) is 2.81. The fraction of sp³-hybridized carbons (Fsp3) is 0.471. The van der Waals surface area contributed by atoms with E-state index in [9.17, 15) is 4.79 Å². The minimum Gasteiger partial charge on any atom is -0.497 e. The maximum Gasteiger partial charge on any atom is 0.156 e. The molecule has 108 valence electrons. The highest BCUT2D eigenvalue weighted by atomic mass is 16.5. The standard InChI is InChI=1S/C17H22O3/c1-11(2)14-7-5-12(18)9-16(14)15-8-6-13(19-3)10-17(15)20-4/h6,8-11,14H,5,7H2,1-4H3. The Hall–Kier alpha value is -1.77. The van der Waals surface area contributed by atoms with E-state index in [1.165, 1.54) is 0 Å². The molecule has 3 nitrogen and oxygen atoms in total. The zero-order valence-electron chi connectivity index (χ0n) is 12.6. The first kappa shape index (κ1) is 14.6. The fourth-order valence-electron chi connectivity index (χ4n) is 2.81. The van der Waals surface area contributed by atoms with Crippen molar-refractivity contribution in [3.05, 3.63) is 29.8 Å². The van der Waals surface area contributed by atoms with Crippen LogP contribution in [-0.4, -0.2) is 20.0 Å². The average molecular weight is 274 g/mol. The van der Waals surface area contributed by atoms with Crippen LogP contribution < -0.4 is 9.47 Å². The largest absolute Gasteiger partial charge is 0.497 e. The Morgan fingerprint density at radius 2 is 1.95 bits per heavy atom. The van der Waals surface area contributed by atoms with Crippen LogP contribution in [0.1, 0.15) is 32.3 Å². The molecule has 20 heavy (non-hydrogen) atoms. The highest BCUT2D eigenvalue weighted by molar-refractivity contribution is 5.99. The second kappa shape index (κ2) is 6.12. The summed E-state index contributed by atoms with van der Waals surface area (Å²) in [5, 5.41) is 0. The van der Waals surface area contributed by atoms with Crippen LogP contribution >= 0.6 is 0 Å². The summed E-state index contributed by atoms with van der Waals surface area (Å²) < 4.78 is 10.7. The van der Waals surface area contributed by atoms with E-state index in [1.807, 2.05) is 18.2 Å². The lowest BCUT2D eigenvalue weighted by Crippen LogP contribution is -2.18. The van der Waals surface area contributed by atoms with Gasteiger partial charge in [0.05, 0.1) is 14.2 Å². The molecule has 1 atom stereocenters. The molecule has 0 saturated carbocycles. The molecular formula is C17H22O3. The molecule has 0 bridgehead atoms. The molecule has 0 amide bonds. The second-order valence-corrected chi connectivity index (χ2v) is 5.52. The van der Waals surface area contributed by atoms with Crippen LogP contribution in [0.2, 0.25) is 0 Å². The summed E-state index contributed by atoms with van der Waals surface area (Å²) in [5.74, 6) is 2.62. The lowest BCUT2D eigenvalue weighted by molar-refractivity contribution is -0.115. The van der Waals surface area contributed by atoms with E-state index in [0.29, 0.717) is 18.3 Å². The molecule has 1 aromatic rings. The number of carbonyl (C=O) groups excluding carboxylic acids is 1. The SMILES string of the molecule is COc1ccc(C2=CC(=O)CCC2C(C)C)c(OC)c1. The van der Waals surface area contributed by atoms with E-state index in [2.05, 4.69) is 13.8 Å². The van der Waals surface area contributed by atoms with Gasteiger partial charge >= 0.3 is 0 Å². The average Bonchev–Trinajstić information content (AvgIpc) is 2.46. The third-order valence-electron chi connectivity index (χ3n) is 3.94. The molecular weight excluding hydrogens is 252 g/mol. The van der Waals surface area contributed by atoms with Crippen molar-refractivity contribution in [2.45, 2.75) is 26.7 Å². The first-order valence-corrected chi connectivity index (χ1v) is 7.03. The van der Waals surface area contributed by atoms with Crippen LogP contribution in [0.15, 0.2) is 24.3 Å². The molecule has 1 unspecified atom stereocenters. The predicted octanol–water partition coefficient (Wildman–Crippen LogP) is 3.72. The molecule has 0 N–H and O–H groups in total. The normalized spacial score (nSPS) is 18.9. The maximum atomic E-state index is 11.8. The number of allylic oxidation sites excluding steroid dienone is 2. The molecule has 0 aliphatic heterocycles. The van der Waals surface area contributed by atoms with Gasteiger partial charge in [0.1, 0.15) is 11.5 Å². The summed E-state index contributed by atoms with van der Waals surface area (Å²) >= 11 is 0. The number of hydrogen-bond donors (Lipinski definition) is 0. The molecule has 1 aliphatic carbocycles. The first-order valence-electron chi connectivity index (χ1n) is 7.03. The highest BCUT2D eigenvalue weighted by Gasteiger charge is 2.27. The molecule has 1 aromatic carbocycles. The van der Waals surface area contributed by atoms with Crippen LogP contribution in [0.3, 0.4) is 0 Å². The molecule has 2 rings (SSSR count). The zero-order valence-corrected chi connectivity index (χ0v) is 12.6. The second-order valence-electron chi connectivity index (χ2n) is 5.52. The molecule has 1 aliphatic rings. The molecule has 0 heterocycles. The Morgan fingerprint density at radius 1 is 1.20 bits per heavy atom. The minimum atomic E-state index is 0.203. The number of hydrogen-bond acceptors (Lipinski definition) is 3. The van der Waals surface area contributed by atoms with Crippen molar-refractivity contribution < 1.29 is 14.3 Å². The number of carbonyl (C=O) groups is 1. The van der Waals surface area contributed by atoms with Gasteiger partial charge in [0.2, 0.25) is 0 Å². The molecule has 0 aromatic heterocycles. The number of methoxy groups -OCH3 is 2. The maximum absolute atomic E-state index is 11.8. The van der Waals surface area contributed by atoms with Crippen molar-refractivity contribution in [2.75, 3.05) is 14.2 Å². The molecule has 0 radical (unpaired) electrons. The smallest absolute Gasteiger partial charge is 0.156 e. The van der Waals surface area contributed by atoms with Gasteiger partial charge in [-0.2, -0.15) is 0 Å². The van der Waals surface area contributed by atoms with E-state index in [-0.39, 0.29) is 5.78 Å². The Labute approximate surface area is 120 Å². The van der Waals surface area contributed by atoms with Crippen LogP contribution in [0.4, 0.5) is 0 Å². The van der Waals surface area contributed by atoms with E-state index in [1.54, 1.807) is 20.3 Å². The van der Waals surface area contributed by atoms with E-state index in [0.717, 1.165) is 29.1 Å². The third kappa shape index (κ3) is 2.87. The van der Waals surface area contributed by atoms with Crippen LogP contribution in [0, 0.1) is 11.8 Å². The lowest BCUT2D eigenvalue weighted by atomic mass is 9.77. The highest BCUT2D eigenvalue weighted by Crippen LogP contribution is 2.40. The summed E-state index contributed by atoms with van der Waals surface area (Å²) in [4.78, 5) is 11.8. The molecule has 0 spiro atoms. The van der Waals surface area contributed by atoms with Crippen LogP contribution in [0.25, 0.3) is 5.57 Å². The van der Waals surface area contributed by atoms with Gasteiger partial charge in [0.15, 0.2) is 5.78 Å². The van der Waals surface area contributed by atoms with Gasteiger partial charge in [-0.05, 0) is 42.0 Å². The van der Waals surface area contributed by atoms with E-state index >= 15 is 0 Å². The zero-order chi connectivity index (χ0) is 14.7. The van der Waals surface area contributed by atoms with Crippen molar-refractivity contribution in [3.63, 3.8) is 0 Å². The quantitative estimate of drug-likeness (QED) is 0.839. The lowest BCUT2D eigenvalue weighted by Gasteiger charge is -2.28. The summed E-state index contributed by atoms with van der Waals surface area (Å²) in [6.45, 7) is 4.40. The van der Waals surface area contributed by atoms with Crippen molar-refractivity contribution >= 4 is 11.4 Å². The van der Waals surface area contributed by atoms with Crippen molar-refractivity contribution in [3.8, 4) is 11.5 Å². The number of benzene rings is 1. The van der Waals surface area contributed by atoms with Crippen molar-refractivity contribution in [1.82, 2.24) is 0 Å². The monoisotopic (exact) mass is 274 g/mol. The summed E-state index contributed by atoms with van der Waals surface area (Å²) in [5.41, 5.74) is 2.09. The van der Waals surface area contributed by atoms with Gasteiger partial charge in [0.25, 0.3) is 0 Å². The van der Waals surface area contributed by atoms with Gasteiger partial charge in [-0.3, -0.25) is 4.79 Å². The number of ether oxygens (including phenoxy) is 2. The van der Waals surface area contributed by atoms with Gasteiger partial charge in [-0.15, -0.1) is 0 Å². The van der Waals surface area contributed by atoms with Crippen molar-refractivity contribution in [1.29, 1.82) is 0 Å². The van der Waals surface area contributed by atoms with Crippen molar-refractivity contribution in [2.24, 2.45) is 11.8 Å². The minimum absolute atomic E-state index is 0.203. The van der Waals surface area contributed by atoms with E-state index in [4.69, 9.17) is 9.47 Å². The summed E-state index contributed by atoms with van der Waals surface area (Å²) in [6, 6.07) is 5.76. The Morgan fingerprint density at radius 3 is 2.55 bits per heavy atom. The van der Waals surface area contributed by atoms with Crippen LogP contribution in [-0.2, 0) is 4.79 Å². The Balaban J connectivity index is 2.49. The first-order chi connectivity index (χ1) is 9.56. The number of rotatable bonds is 4. The molecule has 3 heteroatoms. The van der Waals surface area contributed by atoms with E-state index < -0.39 is 0 Å². The van der Waals surface area contributed by atoms with Gasteiger partial charge in [0, 0.05) is 18.1 Å². The van der Waals surface area contributed by atoms with Gasteiger partial charge in [-0.25, -0.2) is 0 Å². The van der Waals surface area contributed by atoms with Gasteiger partial charge < -0.3 is 9.47 Å². The molecule has 0 fully saturated rings.